The van der Waals surface area contributed by atoms with Crippen LogP contribution in [0.2, 0.25) is 0 Å². The van der Waals surface area contributed by atoms with Gasteiger partial charge in [-0.15, -0.1) is 0 Å². The largest absolute Gasteiger partial charge is 0.451 e. The van der Waals surface area contributed by atoms with E-state index in [2.05, 4.69) is 37.8 Å². The highest BCUT2D eigenvalue weighted by atomic mass is 79.9. The highest BCUT2D eigenvalue weighted by molar-refractivity contribution is 9.10. The predicted octanol–water partition coefficient (Wildman–Crippen LogP) is 3.88. The molecular weight excluding hydrogens is 406 g/mol. The third-order valence-corrected chi connectivity index (χ3v) is 5.67. The van der Waals surface area contributed by atoms with Crippen LogP contribution in [0.15, 0.2) is 45.4 Å². The van der Waals surface area contributed by atoms with Crippen LogP contribution in [0.1, 0.15) is 27.4 Å². The van der Waals surface area contributed by atoms with Crippen LogP contribution in [0.4, 0.5) is 0 Å². The molecule has 1 aliphatic rings. The fourth-order valence-corrected chi connectivity index (χ4v) is 3.69. The zero-order chi connectivity index (χ0) is 19.0. The van der Waals surface area contributed by atoms with Crippen LogP contribution < -0.4 is 0 Å². The Morgan fingerprint density at radius 3 is 2.59 bits per heavy atom. The molecule has 0 radical (unpaired) electrons. The highest BCUT2D eigenvalue weighted by Gasteiger charge is 2.20. The van der Waals surface area contributed by atoms with E-state index in [1.54, 1.807) is 12.1 Å². The van der Waals surface area contributed by atoms with Gasteiger partial charge in [0.25, 0.3) is 0 Å². The van der Waals surface area contributed by atoms with Crippen molar-refractivity contribution in [2.45, 2.75) is 13.5 Å². The fourth-order valence-electron chi connectivity index (χ4n) is 3.43. The molecule has 6 heteroatoms. The number of likely N-dealkylation sites (N-methyl/N-ethyl adjacent to an activating group) is 1. The molecule has 5 nitrogen and oxygen atoms in total. The van der Waals surface area contributed by atoms with Gasteiger partial charge in [-0.05, 0) is 49.9 Å². The molecular formula is C21H22BrN3O2. The molecule has 1 aromatic carbocycles. The number of hydrogen-bond acceptors (Lipinski definition) is 5. The van der Waals surface area contributed by atoms with Crippen molar-refractivity contribution < 1.29 is 9.21 Å². The number of rotatable bonds is 4. The molecule has 0 bridgehead atoms. The van der Waals surface area contributed by atoms with E-state index in [0.29, 0.717) is 16.9 Å². The third-order valence-electron chi connectivity index (χ3n) is 5.14. The summed E-state index contributed by atoms with van der Waals surface area (Å²) in [4.78, 5) is 22.1. The molecule has 4 rings (SSSR count). The van der Waals surface area contributed by atoms with Crippen molar-refractivity contribution in [3.8, 4) is 0 Å². The molecule has 0 N–H and O–H groups in total. The monoisotopic (exact) mass is 427 g/mol. The second-order valence-corrected chi connectivity index (χ2v) is 8.05. The maximum Gasteiger partial charge on any atom is 0.228 e. The summed E-state index contributed by atoms with van der Waals surface area (Å²) in [6.45, 7) is 6.95. The van der Waals surface area contributed by atoms with Gasteiger partial charge in [-0.3, -0.25) is 14.7 Å². The normalized spacial score (nSPS) is 16.1. The summed E-state index contributed by atoms with van der Waals surface area (Å²) in [5.74, 6) is 0.256. The minimum absolute atomic E-state index is 0.108. The second-order valence-electron chi connectivity index (χ2n) is 7.14. The molecule has 1 fully saturated rings. The van der Waals surface area contributed by atoms with Gasteiger partial charge in [0.15, 0.2) is 11.3 Å². The summed E-state index contributed by atoms with van der Waals surface area (Å²) in [5, 5.41) is 0.988. The van der Waals surface area contributed by atoms with Crippen molar-refractivity contribution in [2.75, 3.05) is 33.2 Å². The summed E-state index contributed by atoms with van der Waals surface area (Å²) in [5.41, 5.74) is 3.24. The Balaban J connectivity index is 1.65. The second kappa shape index (κ2) is 7.54. The standard InChI is InChI=1S/C21H22BrN3O2/c1-14-21-18(16(12-23-14)13-25-9-7-24(2)8-10-25)11-19(27-21)20(26)15-3-5-17(22)6-4-15/h3-6,11-12H,7-10,13H2,1-2H3. The molecule has 0 aliphatic carbocycles. The van der Waals surface area contributed by atoms with E-state index in [9.17, 15) is 4.79 Å². The average molecular weight is 428 g/mol. The lowest BCUT2D eigenvalue weighted by Gasteiger charge is -2.32. The van der Waals surface area contributed by atoms with Crippen molar-refractivity contribution in [1.29, 1.82) is 0 Å². The zero-order valence-electron chi connectivity index (χ0n) is 15.5. The molecule has 27 heavy (non-hydrogen) atoms. The van der Waals surface area contributed by atoms with Crippen LogP contribution in [0.3, 0.4) is 0 Å². The molecule has 0 amide bonds. The van der Waals surface area contributed by atoms with Crippen LogP contribution in [0, 0.1) is 6.92 Å². The maximum absolute atomic E-state index is 12.8. The van der Waals surface area contributed by atoms with Gasteiger partial charge in [0.2, 0.25) is 5.78 Å². The average Bonchev–Trinajstić information content (AvgIpc) is 3.12. The summed E-state index contributed by atoms with van der Waals surface area (Å²) < 4.78 is 6.88. The number of piperazine rings is 1. The number of halogens is 1. The molecule has 1 saturated heterocycles. The number of aryl methyl sites for hydroxylation is 1. The Hall–Kier alpha value is -2.02. The molecule has 0 spiro atoms. The molecule has 0 saturated carbocycles. The lowest BCUT2D eigenvalue weighted by atomic mass is 10.1. The number of furan rings is 1. The maximum atomic E-state index is 12.8. The Morgan fingerprint density at radius 1 is 1.19 bits per heavy atom. The number of ketones is 1. The van der Waals surface area contributed by atoms with Crippen molar-refractivity contribution in [3.63, 3.8) is 0 Å². The van der Waals surface area contributed by atoms with E-state index in [1.807, 2.05) is 31.3 Å². The quantitative estimate of drug-likeness (QED) is 0.591. The van der Waals surface area contributed by atoms with Crippen molar-refractivity contribution in [1.82, 2.24) is 14.8 Å². The van der Waals surface area contributed by atoms with E-state index in [-0.39, 0.29) is 5.78 Å². The van der Waals surface area contributed by atoms with Crippen molar-refractivity contribution >= 4 is 32.7 Å². The lowest BCUT2D eigenvalue weighted by Crippen LogP contribution is -2.43. The van der Waals surface area contributed by atoms with Gasteiger partial charge >= 0.3 is 0 Å². The number of nitrogens with zero attached hydrogens (tertiary/aromatic N) is 3. The van der Waals surface area contributed by atoms with E-state index < -0.39 is 0 Å². The topological polar surface area (TPSA) is 49.6 Å². The van der Waals surface area contributed by atoms with E-state index in [1.165, 1.54) is 0 Å². The van der Waals surface area contributed by atoms with Crippen molar-refractivity contribution in [2.24, 2.45) is 0 Å². The minimum Gasteiger partial charge on any atom is -0.451 e. The highest BCUT2D eigenvalue weighted by Crippen LogP contribution is 2.27. The van der Waals surface area contributed by atoms with Crippen LogP contribution in [-0.4, -0.2) is 53.8 Å². The Morgan fingerprint density at radius 2 is 1.89 bits per heavy atom. The van der Waals surface area contributed by atoms with Gasteiger partial charge in [-0.25, -0.2) is 0 Å². The first-order valence-electron chi connectivity index (χ1n) is 9.10. The number of aromatic nitrogens is 1. The summed E-state index contributed by atoms with van der Waals surface area (Å²) >= 11 is 3.40. The first-order valence-corrected chi connectivity index (χ1v) is 9.90. The smallest absolute Gasteiger partial charge is 0.228 e. The van der Waals surface area contributed by atoms with Crippen LogP contribution >= 0.6 is 15.9 Å². The zero-order valence-corrected chi connectivity index (χ0v) is 17.1. The van der Waals surface area contributed by atoms with Gasteiger partial charge in [-0.1, -0.05) is 15.9 Å². The molecule has 3 aromatic rings. The van der Waals surface area contributed by atoms with Gasteiger partial charge in [-0.2, -0.15) is 0 Å². The Kier molecular flexibility index (Phi) is 5.12. The molecule has 0 atom stereocenters. The van der Waals surface area contributed by atoms with Gasteiger partial charge in [0, 0.05) is 54.3 Å². The number of pyridine rings is 1. The first kappa shape index (κ1) is 18.3. The molecule has 140 valence electrons. The SMILES string of the molecule is Cc1ncc(CN2CCN(C)CC2)c2cc(C(=O)c3ccc(Br)cc3)oc12. The summed E-state index contributed by atoms with van der Waals surface area (Å²) in [6.07, 6.45) is 1.92. The number of carbonyl (C=O) groups is 1. The number of benzene rings is 1. The molecule has 3 heterocycles. The van der Waals surface area contributed by atoms with E-state index in [0.717, 1.165) is 53.8 Å². The van der Waals surface area contributed by atoms with Gasteiger partial charge in [0.05, 0.1) is 5.69 Å². The van der Waals surface area contributed by atoms with Crippen LogP contribution in [0.25, 0.3) is 11.0 Å². The molecule has 1 aliphatic heterocycles. The number of fused-ring (bicyclic) bond motifs is 1. The van der Waals surface area contributed by atoms with E-state index in [4.69, 9.17) is 4.42 Å². The lowest BCUT2D eigenvalue weighted by molar-refractivity contribution is 0.101. The Labute approximate surface area is 167 Å². The number of hydrogen-bond donors (Lipinski definition) is 0. The predicted molar refractivity (Wildman–Crippen MR) is 109 cm³/mol. The molecule has 2 aromatic heterocycles. The summed E-state index contributed by atoms with van der Waals surface area (Å²) in [6, 6.07) is 9.20. The first-order chi connectivity index (χ1) is 13.0. The van der Waals surface area contributed by atoms with Gasteiger partial charge < -0.3 is 9.32 Å². The van der Waals surface area contributed by atoms with E-state index >= 15 is 0 Å². The van der Waals surface area contributed by atoms with Crippen molar-refractivity contribution in [3.05, 3.63) is 63.6 Å². The molecule has 0 unspecified atom stereocenters. The summed E-state index contributed by atoms with van der Waals surface area (Å²) in [7, 11) is 2.15. The van der Waals surface area contributed by atoms with Crippen LogP contribution in [0.5, 0.6) is 0 Å². The Bertz CT molecular complexity index is 973. The number of carbonyl (C=O) groups excluding carboxylic acids is 1. The van der Waals surface area contributed by atoms with Crippen LogP contribution in [-0.2, 0) is 6.54 Å². The minimum atomic E-state index is -0.108. The third kappa shape index (κ3) is 3.83. The van der Waals surface area contributed by atoms with Gasteiger partial charge in [0.1, 0.15) is 0 Å². The fraction of sp³-hybridized carbons (Fsp3) is 0.333.